The summed E-state index contributed by atoms with van der Waals surface area (Å²) in [5.41, 5.74) is 2.30. The Hall–Kier alpha value is -0.830. The molecule has 0 saturated heterocycles. The number of nitrogens with zero attached hydrogens (tertiary/aromatic N) is 1. The van der Waals surface area contributed by atoms with Gasteiger partial charge < -0.3 is 4.90 Å². The van der Waals surface area contributed by atoms with Crippen LogP contribution in [0.15, 0.2) is 24.3 Å². The Morgan fingerprint density at radius 3 is 2.81 bits per heavy atom. The van der Waals surface area contributed by atoms with Gasteiger partial charge in [-0.15, -0.1) is 0 Å². The van der Waals surface area contributed by atoms with Gasteiger partial charge >= 0.3 is 0 Å². The van der Waals surface area contributed by atoms with Crippen LogP contribution in [0, 0.1) is 6.92 Å². The van der Waals surface area contributed by atoms with E-state index < -0.39 is 0 Å². The molecule has 0 unspecified atom stereocenters. The maximum Gasteiger partial charge on any atom is 0.226 e. The van der Waals surface area contributed by atoms with Gasteiger partial charge in [-0.1, -0.05) is 45.8 Å². The lowest BCUT2D eigenvalue weighted by Crippen LogP contribution is -2.29. The summed E-state index contributed by atoms with van der Waals surface area (Å²) in [5.74, 6) is 0.187. The molecular formula is C13H18BrNO. The Morgan fingerprint density at radius 2 is 2.19 bits per heavy atom. The number of likely N-dealkylation sites (N-methyl/N-ethyl adjacent to an activating group) is 1. The minimum Gasteiger partial charge on any atom is -0.345 e. The zero-order valence-electron chi connectivity index (χ0n) is 9.87. The van der Waals surface area contributed by atoms with Gasteiger partial charge in [-0.2, -0.15) is 0 Å². The Kier molecular flexibility index (Phi) is 5.53. The fourth-order valence-electron chi connectivity index (χ4n) is 1.55. The molecule has 0 aromatic heterocycles. The zero-order chi connectivity index (χ0) is 12.0. The highest BCUT2D eigenvalue weighted by atomic mass is 79.9. The van der Waals surface area contributed by atoms with Crippen molar-refractivity contribution in [3.8, 4) is 0 Å². The highest BCUT2D eigenvalue weighted by Crippen LogP contribution is 2.06. The predicted octanol–water partition coefficient (Wildman–Crippen LogP) is 2.78. The highest BCUT2D eigenvalue weighted by Gasteiger charge is 2.08. The van der Waals surface area contributed by atoms with E-state index in [1.807, 2.05) is 32.2 Å². The first-order valence-electron chi connectivity index (χ1n) is 5.49. The van der Waals surface area contributed by atoms with Gasteiger partial charge in [0.25, 0.3) is 0 Å². The summed E-state index contributed by atoms with van der Waals surface area (Å²) in [7, 11) is 1.86. The van der Waals surface area contributed by atoms with Crippen LogP contribution in [0.5, 0.6) is 0 Å². The lowest BCUT2D eigenvalue weighted by atomic mass is 10.1. The molecule has 0 N–H and O–H groups in total. The standard InChI is InChI=1S/C13H18BrNO/c1-11-5-3-6-12(9-11)10-13(16)15(2)8-4-7-14/h3,5-6,9H,4,7-8,10H2,1-2H3. The Labute approximate surface area is 106 Å². The van der Waals surface area contributed by atoms with Gasteiger partial charge in [-0.3, -0.25) is 4.79 Å². The molecule has 2 nitrogen and oxygen atoms in total. The number of benzene rings is 1. The van der Waals surface area contributed by atoms with Crippen LogP contribution in [0.2, 0.25) is 0 Å². The predicted molar refractivity (Wildman–Crippen MR) is 70.9 cm³/mol. The van der Waals surface area contributed by atoms with Crippen molar-refractivity contribution in [3.05, 3.63) is 35.4 Å². The van der Waals surface area contributed by atoms with Gasteiger partial charge in [0.05, 0.1) is 6.42 Å². The van der Waals surface area contributed by atoms with Crippen LogP contribution < -0.4 is 0 Å². The molecule has 0 radical (unpaired) electrons. The molecule has 0 aliphatic rings. The molecule has 0 spiro atoms. The molecule has 16 heavy (non-hydrogen) atoms. The van der Waals surface area contributed by atoms with E-state index in [2.05, 4.69) is 22.0 Å². The van der Waals surface area contributed by atoms with E-state index in [1.54, 1.807) is 4.90 Å². The maximum absolute atomic E-state index is 11.8. The number of hydrogen-bond acceptors (Lipinski definition) is 1. The molecular weight excluding hydrogens is 266 g/mol. The van der Waals surface area contributed by atoms with Crippen LogP contribution in [0.25, 0.3) is 0 Å². The molecule has 1 amide bonds. The summed E-state index contributed by atoms with van der Waals surface area (Å²) < 4.78 is 0. The minimum absolute atomic E-state index is 0.187. The molecule has 1 aromatic rings. The van der Waals surface area contributed by atoms with Crippen molar-refractivity contribution in [2.24, 2.45) is 0 Å². The number of rotatable bonds is 5. The van der Waals surface area contributed by atoms with Crippen LogP contribution in [0.4, 0.5) is 0 Å². The van der Waals surface area contributed by atoms with Crippen molar-refractivity contribution in [1.29, 1.82) is 0 Å². The van der Waals surface area contributed by atoms with E-state index in [1.165, 1.54) is 5.56 Å². The molecule has 0 aliphatic heterocycles. The Morgan fingerprint density at radius 1 is 1.44 bits per heavy atom. The van der Waals surface area contributed by atoms with Crippen molar-refractivity contribution < 1.29 is 4.79 Å². The van der Waals surface area contributed by atoms with Crippen LogP contribution in [0.1, 0.15) is 17.5 Å². The van der Waals surface area contributed by atoms with E-state index in [0.717, 1.165) is 23.9 Å². The number of hydrogen-bond donors (Lipinski definition) is 0. The number of halogens is 1. The second-order valence-electron chi connectivity index (χ2n) is 4.02. The molecule has 0 heterocycles. The molecule has 3 heteroatoms. The third-order valence-electron chi connectivity index (χ3n) is 2.49. The second kappa shape index (κ2) is 6.69. The molecule has 0 atom stereocenters. The third kappa shape index (κ3) is 4.35. The van der Waals surface area contributed by atoms with Gasteiger partial charge in [0.15, 0.2) is 0 Å². The van der Waals surface area contributed by atoms with Gasteiger partial charge in [0.2, 0.25) is 5.91 Å². The number of alkyl halides is 1. The monoisotopic (exact) mass is 283 g/mol. The van der Waals surface area contributed by atoms with Gasteiger partial charge in [-0.05, 0) is 18.9 Å². The summed E-state index contributed by atoms with van der Waals surface area (Å²) in [6, 6.07) is 8.11. The zero-order valence-corrected chi connectivity index (χ0v) is 11.5. The molecule has 0 aliphatic carbocycles. The first-order valence-corrected chi connectivity index (χ1v) is 6.61. The minimum atomic E-state index is 0.187. The van der Waals surface area contributed by atoms with Crippen LogP contribution in [-0.4, -0.2) is 29.7 Å². The van der Waals surface area contributed by atoms with Crippen molar-refractivity contribution in [3.63, 3.8) is 0 Å². The normalized spacial score (nSPS) is 10.2. The Balaban J connectivity index is 2.50. The summed E-state index contributed by atoms with van der Waals surface area (Å²) in [6.45, 7) is 2.86. The lowest BCUT2D eigenvalue weighted by Gasteiger charge is -2.16. The van der Waals surface area contributed by atoms with E-state index in [4.69, 9.17) is 0 Å². The van der Waals surface area contributed by atoms with E-state index >= 15 is 0 Å². The van der Waals surface area contributed by atoms with Gasteiger partial charge in [0.1, 0.15) is 0 Å². The topological polar surface area (TPSA) is 20.3 Å². The van der Waals surface area contributed by atoms with Crippen molar-refractivity contribution in [2.75, 3.05) is 18.9 Å². The largest absolute Gasteiger partial charge is 0.345 e. The fourth-order valence-corrected chi connectivity index (χ4v) is 1.80. The van der Waals surface area contributed by atoms with Gasteiger partial charge in [0, 0.05) is 18.9 Å². The van der Waals surface area contributed by atoms with E-state index in [0.29, 0.717) is 6.42 Å². The average molecular weight is 284 g/mol. The molecule has 1 aromatic carbocycles. The van der Waals surface area contributed by atoms with E-state index in [9.17, 15) is 4.79 Å². The number of amides is 1. The first kappa shape index (κ1) is 13.2. The van der Waals surface area contributed by atoms with Crippen molar-refractivity contribution in [2.45, 2.75) is 19.8 Å². The SMILES string of the molecule is Cc1cccc(CC(=O)N(C)CCCBr)c1. The summed E-state index contributed by atoms with van der Waals surface area (Å²) in [6.07, 6.45) is 1.50. The first-order chi connectivity index (χ1) is 7.63. The fraction of sp³-hybridized carbons (Fsp3) is 0.462. The molecule has 0 saturated carbocycles. The summed E-state index contributed by atoms with van der Waals surface area (Å²) >= 11 is 3.37. The highest BCUT2D eigenvalue weighted by molar-refractivity contribution is 9.09. The maximum atomic E-state index is 11.8. The van der Waals surface area contributed by atoms with Gasteiger partial charge in [-0.25, -0.2) is 0 Å². The number of carbonyl (C=O) groups is 1. The van der Waals surface area contributed by atoms with Crippen LogP contribution in [-0.2, 0) is 11.2 Å². The second-order valence-corrected chi connectivity index (χ2v) is 4.82. The number of carbonyl (C=O) groups excluding carboxylic acids is 1. The smallest absolute Gasteiger partial charge is 0.226 e. The average Bonchev–Trinajstić information content (AvgIpc) is 2.25. The van der Waals surface area contributed by atoms with Crippen LogP contribution in [0.3, 0.4) is 0 Å². The number of aryl methyl sites for hydroxylation is 1. The molecule has 88 valence electrons. The summed E-state index contributed by atoms with van der Waals surface area (Å²) in [4.78, 5) is 13.6. The Bertz CT molecular complexity index is 352. The van der Waals surface area contributed by atoms with Crippen LogP contribution >= 0.6 is 15.9 Å². The van der Waals surface area contributed by atoms with Crippen molar-refractivity contribution in [1.82, 2.24) is 4.90 Å². The quantitative estimate of drug-likeness (QED) is 0.761. The summed E-state index contributed by atoms with van der Waals surface area (Å²) in [5, 5.41) is 0.940. The lowest BCUT2D eigenvalue weighted by molar-refractivity contribution is -0.129. The molecule has 1 rings (SSSR count). The molecule has 0 bridgehead atoms. The van der Waals surface area contributed by atoms with Crippen molar-refractivity contribution >= 4 is 21.8 Å². The van der Waals surface area contributed by atoms with E-state index in [-0.39, 0.29) is 5.91 Å². The third-order valence-corrected chi connectivity index (χ3v) is 3.05. The molecule has 0 fully saturated rings.